The monoisotopic (exact) mass is 445 g/mol. The van der Waals surface area contributed by atoms with Crippen molar-refractivity contribution in [2.24, 2.45) is 0 Å². The van der Waals surface area contributed by atoms with E-state index in [1.54, 1.807) is 18.5 Å². The second-order valence-corrected chi connectivity index (χ2v) is 7.38. The Hall–Kier alpha value is -2.81. The molecule has 0 saturated heterocycles. The van der Waals surface area contributed by atoms with Gasteiger partial charge in [-0.3, -0.25) is 4.79 Å². The maximum atomic E-state index is 14.0. The molecule has 0 aliphatic carbocycles. The quantitative estimate of drug-likeness (QED) is 0.559. The van der Waals surface area contributed by atoms with E-state index in [1.807, 2.05) is 10.6 Å². The van der Waals surface area contributed by atoms with Crippen LogP contribution >= 0.6 is 15.9 Å². The third-order valence-electron chi connectivity index (χ3n) is 4.56. The molecule has 0 spiro atoms. The molecule has 9 heteroatoms. The Morgan fingerprint density at radius 1 is 1.36 bits per heavy atom. The fourth-order valence-electron chi connectivity index (χ4n) is 3.09. The van der Waals surface area contributed by atoms with Crippen molar-refractivity contribution in [1.29, 1.82) is 0 Å². The van der Waals surface area contributed by atoms with E-state index in [-0.39, 0.29) is 21.8 Å². The maximum absolute atomic E-state index is 14.0. The van der Waals surface area contributed by atoms with Crippen molar-refractivity contribution in [1.82, 2.24) is 19.7 Å². The molecule has 7 nitrogen and oxygen atoms in total. The van der Waals surface area contributed by atoms with Crippen molar-refractivity contribution in [3.8, 4) is 17.3 Å². The number of nitrogens with zero attached hydrogens (tertiary/aromatic N) is 4. The van der Waals surface area contributed by atoms with Gasteiger partial charge in [0.25, 0.3) is 5.91 Å². The first-order valence-corrected chi connectivity index (χ1v) is 9.62. The van der Waals surface area contributed by atoms with E-state index < -0.39 is 11.7 Å². The summed E-state index contributed by atoms with van der Waals surface area (Å²) in [4.78, 5) is 17.3. The molecule has 4 rings (SSSR count). The number of hydrogen-bond donors (Lipinski definition) is 1. The number of benzene rings is 1. The van der Waals surface area contributed by atoms with E-state index in [2.05, 4.69) is 43.4 Å². The molecule has 1 atom stereocenters. The summed E-state index contributed by atoms with van der Waals surface area (Å²) in [5.74, 6) is 0.256. The van der Waals surface area contributed by atoms with Crippen LogP contribution in [0.25, 0.3) is 11.5 Å². The van der Waals surface area contributed by atoms with Gasteiger partial charge in [-0.05, 0) is 53.9 Å². The summed E-state index contributed by atoms with van der Waals surface area (Å²) < 4.78 is 21.9. The molecule has 0 unspecified atom stereocenters. The Labute approximate surface area is 169 Å². The predicted molar refractivity (Wildman–Crippen MR) is 105 cm³/mol. The van der Waals surface area contributed by atoms with Crippen LogP contribution in [0.15, 0.2) is 41.1 Å². The SMILES string of the molecule is C[C@@H]1CCCOc2cc(F)c(Br)cc2C(=O)Nc2cccc(n2)-c2nncn21. The normalized spacial score (nSPS) is 17.0. The summed E-state index contributed by atoms with van der Waals surface area (Å²) in [6, 6.07) is 8.03. The van der Waals surface area contributed by atoms with Gasteiger partial charge in [-0.25, -0.2) is 9.37 Å². The number of ether oxygens (including phenoxy) is 1. The molecule has 2 bridgehead atoms. The highest BCUT2D eigenvalue weighted by atomic mass is 79.9. The van der Waals surface area contributed by atoms with E-state index in [4.69, 9.17) is 4.74 Å². The molecule has 1 aliphatic rings. The van der Waals surface area contributed by atoms with Crippen LogP contribution in [0.4, 0.5) is 10.2 Å². The summed E-state index contributed by atoms with van der Waals surface area (Å²) >= 11 is 3.13. The molecule has 144 valence electrons. The lowest BCUT2D eigenvalue weighted by atomic mass is 10.1. The third-order valence-corrected chi connectivity index (χ3v) is 5.17. The third kappa shape index (κ3) is 3.62. The van der Waals surface area contributed by atoms with Crippen LogP contribution in [0.5, 0.6) is 5.75 Å². The van der Waals surface area contributed by atoms with Crippen LogP contribution in [0.3, 0.4) is 0 Å². The second-order valence-electron chi connectivity index (χ2n) is 6.53. The molecule has 0 fully saturated rings. The van der Waals surface area contributed by atoms with Crippen LogP contribution < -0.4 is 10.1 Å². The van der Waals surface area contributed by atoms with Gasteiger partial charge in [-0.1, -0.05) is 6.07 Å². The first-order valence-electron chi connectivity index (χ1n) is 8.83. The number of carbonyl (C=O) groups is 1. The molecule has 1 N–H and O–H groups in total. The van der Waals surface area contributed by atoms with E-state index in [0.29, 0.717) is 30.4 Å². The van der Waals surface area contributed by atoms with Gasteiger partial charge < -0.3 is 14.6 Å². The molecule has 0 saturated carbocycles. The van der Waals surface area contributed by atoms with Crippen molar-refractivity contribution >= 4 is 27.7 Å². The Morgan fingerprint density at radius 3 is 3.07 bits per heavy atom. The van der Waals surface area contributed by atoms with Crippen LogP contribution in [0.2, 0.25) is 0 Å². The summed E-state index contributed by atoms with van der Waals surface area (Å²) in [7, 11) is 0. The molecular weight excluding hydrogens is 429 g/mol. The topological polar surface area (TPSA) is 81.9 Å². The van der Waals surface area contributed by atoms with Gasteiger partial charge in [-0.2, -0.15) is 0 Å². The zero-order valence-corrected chi connectivity index (χ0v) is 16.6. The Bertz CT molecular complexity index is 1040. The average Bonchev–Trinajstić information content (AvgIpc) is 3.17. The zero-order valence-electron chi connectivity index (χ0n) is 15.0. The largest absolute Gasteiger partial charge is 0.493 e. The average molecular weight is 446 g/mol. The summed E-state index contributed by atoms with van der Waals surface area (Å²) in [5, 5.41) is 10.9. The van der Waals surface area contributed by atoms with Crippen molar-refractivity contribution in [2.45, 2.75) is 25.8 Å². The lowest BCUT2D eigenvalue weighted by molar-refractivity contribution is 0.102. The van der Waals surface area contributed by atoms with Crippen LogP contribution in [-0.4, -0.2) is 32.3 Å². The minimum atomic E-state index is -0.490. The van der Waals surface area contributed by atoms with Crippen molar-refractivity contribution in [2.75, 3.05) is 11.9 Å². The first kappa shape index (κ1) is 18.5. The number of aromatic nitrogens is 4. The van der Waals surface area contributed by atoms with Crippen LogP contribution in [-0.2, 0) is 0 Å². The number of amides is 1. The van der Waals surface area contributed by atoms with E-state index >= 15 is 0 Å². The molecule has 1 aromatic carbocycles. The van der Waals surface area contributed by atoms with E-state index in [9.17, 15) is 9.18 Å². The van der Waals surface area contributed by atoms with Crippen LogP contribution in [0, 0.1) is 5.82 Å². The van der Waals surface area contributed by atoms with Crippen molar-refractivity contribution in [3.63, 3.8) is 0 Å². The molecule has 1 amide bonds. The zero-order chi connectivity index (χ0) is 19.7. The van der Waals surface area contributed by atoms with Crippen LogP contribution in [0.1, 0.15) is 36.2 Å². The van der Waals surface area contributed by atoms with Gasteiger partial charge in [0.05, 0.1) is 16.6 Å². The molecule has 3 aromatic rings. The number of nitrogens with one attached hydrogen (secondary N) is 1. The van der Waals surface area contributed by atoms with Gasteiger partial charge in [0, 0.05) is 12.1 Å². The number of halogens is 2. The molecule has 0 radical (unpaired) electrons. The predicted octanol–water partition coefficient (Wildman–Crippen LogP) is 4.23. The van der Waals surface area contributed by atoms with Crippen molar-refractivity contribution < 1.29 is 13.9 Å². The first-order chi connectivity index (χ1) is 13.5. The summed E-state index contributed by atoms with van der Waals surface area (Å²) in [5.41, 5.74) is 0.838. The molecule has 3 heterocycles. The number of pyridine rings is 1. The second kappa shape index (κ2) is 7.67. The maximum Gasteiger partial charge on any atom is 0.260 e. The highest BCUT2D eigenvalue weighted by Crippen LogP contribution is 2.29. The number of anilines is 1. The van der Waals surface area contributed by atoms with Crippen molar-refractivity contribution in [3.05, 3.63) is 52.5 Å². The summed E-state index contributed by atoms with van der Waals surface area (Å²) in [6.45, 7) is 2.42. The molecule has 1 aliphatic heterocycles. The van der Waals surface area contributed by atoms with Gasteiger partial charge >= 0.3 is 0 Å². The Morgan fingerprint density at radius 2 is 2.21 bits per heavy atom. The summed E-state index contributed by atoms with van der Waals surface area (Å²) in [6.07, 6.45) is 3.18. The highest BCUT2D eigenvalue weighted by molar-refractivity contribution is 9.10. The standard InChI is InChI=1S/C19H17BrFN5O2/c1-11-4-3-7-28-16-9-14(21)13(20)8-12(16)19(27)24-17-6-2-5-15(23-17)18-25-22-10-26(11)18/h2,5-6,8-11H,3-4,7H2,1H3,(H,23,24,27)/t11-/m1/s1. The smallest absolute Gasteiger partial charge is 0.260 e. The minimum Gasteiger partial charge on any atom is -0.493 e. The molecule has 28 heavy (non-hydrogen) atoms. The highest BCUT2D eigenvalue weighted by Gasteiger charge is 2.19. The fraction of sp³-hybridized carbons (Fsp3) is 0.263. The number of rotatable bonds is 0. The van der Waals surface area contributed by atoms with E-state index in [0.717, 1.165) is 6.42 Å². The van der Waals surface area contributed by atoms with E-state index in [1.165, 1.54) is 12.1 Å². The van der Waals surface area contributed by atoms with Gasteiger partial charge in [0.2, 0.25) is 0 Å². The van der Waals surface area contributed by atoms with Gasteiger partial charge in [-0.15, -0.1) is 10.2 Å². The molecular formula is C19H17BrFN5O2. The number of hydrogen-bond acceptors (Lipinski definition) is 5. The van der Waals surface area contributed by atoms with Gasteiger partial charge in [0.1, 0.15) is 29.4 Å². The Kier molecular flexibility index (Phi) is 5.08. The Balaban J connectivity index is 1.78. The lowest BCUT2D eigenvalue weighted by Crippen LogP contribution is -2.16. The lowest BCUT2D eigenvalue weighted by Gasteiger charge is -2.17. The molecule has 2 aromatic heterocycles. The number of fused-ring (bicyclic) bond motifs is 5. The number of carbonyl (C=O) groups excluding carboxylic acids is 1. The van der Waals surface area contributed by atoms with Gasteiger partial charge in [0.15, 0.2) is 5.82 Å². The fourth-order valence-corrected chi connectivity index (χ4v) is 3.43. The minimum absolute atomic E-state index is 0.123.